The maximum atomic E-state index is 11.3. The highest BCUT2D eigenvalue weighted by Crippen LogP contribution is 2.01. The van der Waals surface area contributed by atoms with Gasteiger partial charge in [0, 0.05) is 19.7 Å². The standard InChI is InChI=1S/C11H20N2O2/c1-2-7-15-9-11(14)13-8-10-3-5-12-6-4-10/h3,12H,2,4-9H2,1H3,(H,13,14). The van der Waals surface area contributed by atoms with Crippen LogP contribution in [-0.4, -0.2) is 38.8 Å². The van der Waals surface area contributed by atoms with Crippen LogP contribution in [0.4, 0.5) is 0 Å². The third-order valence-electron chi connectivity index (χ3n) is 2.25. The summed E-state index contributed by atoms with van der Waals surface area (Å²) < 4.78 is 5.14. The van der Waals surface area contributed by atoms with E-state index in [1.54, 1.807) is 0 Å². The Morgan fingerprint density at radius 3 is 3.20 bits per heavy atom. The first kappa shape index (κ1) is 12.2. The molecule has 15 heavy (non-hydrogen) atoms. The molecular weight excluding hydrogens is 192 g/mol. The topological polar surface area (TPSA) is 50.4 Å². The molecule has 0 fully saturated rings. The number of hydrogen-bond donors (Lipinski definition) is 2. The molecule has 0 unspecified atom stereocenters. The van der Waals surface area contributed by atoms with Crippen molar-refractivity contribution < 1.29 is 9.53 Å². The molecule has 1 rings (SSSR count). The SMILES string of the molecule is CCCOCC(=O)NCC1=CCNCC1. The molecule has 0 aromatic heterocycles. The molecule has 1 aliphatic rings. The van der Waals surface area contributed by atoms with Gasteiger partial charge in [0.15, 0.2) is 0 Å². The Balaban J connectivity index is 2.07. The van der Waals surface area contributed by atoms with Gasteiger partial charge in [0.2, 0.25) is 5.91 Å². The van der Waals surface area contributed by atoms with E-state index in [0.717, 1.165) is 25.9 Å². The van der Waals surface area contributed by atoms with Crippen molar-refractivity contribution >= 4 is 5.91 Å². The van der Waals surface area contributed by atoms with Crippen molar-refractivity contribution in [3.8, 4) is 0 Å². The molecule has 0 saturated heterocycles. The average molecular weight is 212 g/mol. The van der Waals surface area contributed by atoms with Gasteiger partial charge in [-0.1, -0.05) is 18.6 Å². The first-order valence-electron chi connectivity index (χ1n) is 5.56. The number of carbonyl (C=O) groups excluding carboxylic acids is 1. The number of ether oxygens (including phenoxy) is 1. The van der Waals surface area contributed by atoms with Crippen LogP contribution in [0.5, 0.6) is 0 Å². The van der Waals surface area contributed by atoms with Crippen molar-refractivity contribution in [1.29, 1.82) is 0 Å². The van der Waals surface area contributed by atoms with Gasteiger partial charge in [0.25, 0.3) is 0 Å². The molecular formula is C11H20N2O2. The lowest BCUT2D eigenvalue weighted by molar-refractivity contribution is -0.125. The van der Waals surface area contributed by atoms with E-state index in [-0.39, 0.29) is 12.5 Å². The van der Waals surface area contributed by atoms with Crippen LogP contribution in [0, 0.1) is 0 Å². The first-order chi connectivity index (χ1) is 7.33. The van der Waals surface area contributed by atoms with Crippen LogP contribution in [0.25, 0.3) is 0 Å². The van der Waals surface area contributed by atoms with Crippen molar-refractivity contribution in [1.82, 2.24) is 10.6 Å². The fourth-order valence-corrected chi connectivity index (χ4v) is 1.40. The van der Waals surface area contributed by atoms with Crippen molar-refractivity contribution in [3.05, 3.63) is 11.6 Å². The summed E-state index contributed by atoms with van der Waals surface area (Å²) in [5, 5.41) is 6.08. The molecule has 4 heteroatoms. The summed E-state index contributed by atoms with van der Waals surface area (Å²) in [7, 11) is 0. The Morgan fingerprint density at radius 1 is 1.67 bits per heavy atom. The molecule has 0 atom stereocenters. The van der Waals surface area contributed by atoms with Gasteiger partial charge in [-0.2, -0.15) is 0 Å². The fourth-order valence-electron chi connectivity index (χ4n) is 1.40. The number of rotatable bonds is 6. The molecule has 0 bridgehead atoms. The molecule has 86 valence electrons. The van der Waals surface area contributed by atoms with E-state index < -0.39 is 0 Å². The Morgan fingerprint density at radius 2 is 2.53 bits per heavy atom. The zero-order valence-corrected chi connectivity index (χ0v) is 9.34. The maximum Gasteiger partial charge on any atom is 0.246 e. The van der Waals surface area contributed by atoms with Gasteiger partial charge >= 0.3 is 0 Å². The molecule has 0 radical (unpaired) electrons. The number of carbonyl (C=O) groups is 1. The third kappa shape index (κ3) is 5.54. The van der Waals surface area contributed by atoms with Crippen LogP contribution in [0.3, 0.4) is 0 Å². The molecule has 4 nitrogen and oxygen atoms in total. The molecule has 2 N–H and O–H groups in total. The lowest BCUT2D eigenvalue weighted by Gasteiger charge is -2.14. The predicted octanol–water partition coefficient (Wildman–Crippen LogP) is 0.449. The fraction of sp³-hybridized carbons (Fsp3) is 0.727. The summed E-state index contributed by atoms with van der Waals surface area (Å²) >= 11 is 0. The van der Waals surface area contributed by atoms with Crippen LogP contribution >= 0.6 is 0 Å². The Labute approximate surface area is 91.1 Å². The summed E-state index contributed by atoms with van der Waals surface area (Å²) in [5.74, 6) is -0.0251. The van der Waals surface area contributed by atoms with Crippen molar-refractivity contribution in [2.75, 3.05) is 32.8 Å². The van der Waals surface area contributed by atoms with Crippen LogP contribution in [-0.2, 0) is 9.53 Å². The van der Waals surface area contributed by atoms with Crippen LogP contribution in [0.15, 0.2) is 11.6 Å². The smallest absolute Gasteiger partial charge is 0.246 e. The molecule has 1 amide bonds. The van der Waals surface area contributed by atoms with E-state index in [4.69, 9.17) is 4.74 Å². The van der Waals surface area contributed by atoms with Crippen LogP contribution < -0.4 is 10.6 Å². The van der Waals surface area contributed by atoms with Crippen molar-refractivity contribution in [2.24, 2.45) is 0 Å². The summed E-state index contributed by atoms with van der Waals surface area (Å²) in [6, 6.07) is 0. The summed E-state index contributed by atoms with van der Waals surface area (Å²) in [4.78, 5) is 11.3. The molecule has 0 spiro atoms. The van der Waals surface area contributed by atoms with E-state index in [1.807, 2.05) is 6.92 Å². The second-order valence-electron chi connectivity index (χ2n) is 3.65. The zero-order chi connectivity index (χ0) is 10.9. The van der Waals surface area contributed by atoms with Gasteiger partial charge in [-0.05, 0) is 19.4 Å². The minimum Gasteiger partial charge on any atom is -0.372 e. The van der Waals surface area contributed by atoms with E-state index in [2.05, 4.69) is 16.7 Å². The molecule has 0 saturated carbocycles. The number of amides is 1. The minimum atomic E-state index is -0.0251. The van der Waals surface area contributed by atoms with E-state index in [1.165, 1.54) is 5.57 Å². The van der Waals surface area contributed by atoms with E-state index in [0.29, 0.717) is 13.2 Å². The Kier molecular flexibility index (Phi) is 6.04. The van der Waals surface area contributed by atoms with Gasteiger partial charge in [-0.3, -0.25) is 4.79 Å². The number of nitrogens with one attached hydrogen (secondary N) is 2. The minimum absolute atomic E-state index is 0.0251. The Bertz CT molecular complexity index is 227. The normalized spacial score (nSPS) is 15.9. The molecule has 0 aromatic rings. The second kappa shape index (κ2) is 7.43. The Hall–Kier alpha value is -0.870. The monoisotopic (exact) mass is 212 g/mol. The van der Waals surface area contributed by atoms with Crippen molar-refractivity contribution in [2.45, 2.75) is 19.8 Å². The van der Waals surface area contributed by atoms with Crippen molar-refractivity contribution in [3.63, 3.8) is 0 Å². The maximum absolute atomic E-state index is 11.3. The summed E-state index contributed by atoms with van der Waals surface area (Å²) in [5.41, 5.74) is 1.30. The lowest BCUT2D eigenvalue weighted by atomic mass is 10.1. The quantitative estimate of drug-likeness (QED) is 0.496. The molecule has 0 aliphatic carbocycles. The van der Waals surface area contributed by atoms with Gasteiger partial charge < -0.3 is 15.4 Å². The molecule has 1 aliphatic heterocycles. The third-order valence-corrected chi connectivity index (χ3v) is 2.25. The van der Waals surface area contributed by atoms with Gasteiger partial charge in [0.1, 0.15) is 6.61 Å². The highest BCUT2D eigenvalue weighted by Gasteiger charge is 2.05. The summed E-state index contributed by atoms with van der Waals surface area (Å²) in [6.45, 7) is 5.44. The average Bonchev–Trinajstić information content (AvgIpc) is 2.28. The highest BCUT2D eigenvalue weighted by molar-refractivity contribution is 5.77. The van der Waals surface area contributed by atoms with Gasteiger partial charge in [0.05, 0.1) is 0 Å². The van der Waals surface area contributed by atoms with Crippen LogP contribution in [0.2, 0.25) is 0 Å². The van der Waals surface area contributed by atoms with E-state index >= 15 is 0 Å². The van der Waals surface area contributed by atoms with Gasteiger partial charge in [-0.15, -0.1) is 0 Å². The lowest BCUT2D eigenvalue weighted by Crippen LogP contribution is -2.32. The molecule has 0 aromatic carbocycles. The largest absolute Gasteiger partial charge is 0.372 e. The van der Waals surface area contributed by atoms with Gasteiger partial charge in [-0.25, -0.2) is 0 Å². The van der Waals surface area contributed by atoms with Crippen LogP contribution in [0.1, 0.15) is 19.8 Å². The highest BCUT2D eigenvalue weighted by atomic mass is 16.5. The summed E-state index contributed by atoms with van der Waals surface area (Å²) in [6.07, 6.45) is 4.11. The predicted molar refractivity (Wildman–Crippen MR) is 59.7 cm³/mol. The van der Waals surface area contributed by atoms with E-state index in [9.17, 15) is 4.79 Å². The molecule has 1 heterocycles. The second-order valence-corrected chi connectivity index (χ2v) is 3.65. The number of hydrogen-bond acceptors (Lipinski definition) is 3. The zero-order valence-electron chi connectivity index (χ0n) is 9.34. The first-order valence-corrected chi connectivity index (χ1v) is 5.56.